The predicted octanol–water partition coefficient (Wildman–Crippen LogP) is 2.66. The largest absolute Gasteiger partial charge is 0.392 e. The summed E-state index contributed by atoms with van der Waals surface area (Å²) in [6.07, 6.45) is 2.54. The van der Waals surface area contributed by atoms with Gasteiger partial charge in [0.15, 0.2) is 0 Å². The average molecular weight is 401 g/mol. The number of fused-ring (bicyclic) bond motifs is 4. The summed E-state index contributed by atoms with van der Waals surface area (Å²) in [5.74, 6) is 0.260. The van der Waals surface area contributed by atoms with Crippen LogP contribution in [0.3, 0.4) is 0 Å². The number of aliphatic hydroxyl groups excluding tert-OH is 1. The molecule has 0 spiro atoms. The topological polar surface area (TPSA) is 75.4 Å². The van der Waals surface area contributed by atoms with Crippen molar-refractivity contribution < 1.29 is 9.90 Å². The van der Waals surface area contributed by atoms with E-state index < -0.39 is 0 Å². The lowest BCUT2D eigenvalue weighted by Gasteiger charge is -2.42. The number of carbonyl (C=O) groups is 1. The number of aliphatic hydroxyl groups is 1. The number of amides is 1. The smallest absolute Gasteiger partial charge is 0.272 e. The number of piperidine rings is 1. The van der Waals surface area contributed by atoms with Crippen LogP contribution in [0.5, 0.6) is 0 Å². The molecule has 1 N–H and O–H groups in total. The van der Waals surface area contributed by atoms with Crippen LogP contribution in [-0.4, -0.2) is 38.6 Å². The van der Waals surface area contributed by atoms with Gasteiger partial charge in [-0.15, -0.1) is 0 Å². The van der Waals surface area contributed by atoms with E-state index in [4.69, 9.17) is 0 Å². The minimum Gasteiger partial charge on any atom is -0.392 e. The van der Waals surface area contributed by atoms with E-state index in [0.29, 0.717) is 30.9 Å². The Kier molecular flexibility index (Phi) is 4.71. The number of hydrogen-bond donors (Lipinski definition) is 1. The molecule has 6 heteroatoms. The highest BCUT2D eigenvalue weighted by molar-refractivity contribution is 5.92. The highest BCUT2D eigenvalue weighted by atomic mass is 16.3. The third-order valence-corrected chi connectivity index (χ3v) is 6.18. The molecule has 2 aromatic heterocycles. The van der Waals surface area contributed by atoms with Crippen molar-refractivity contribution in [2.45, 2.75) is 25.5 Å². The second-order valence-corrected chi connectivity index (χ2v) is 8.20. The van der Waals surface area contributed by atoms with Crippen molar-refractivity contribution >= 4 is 5.91 Å². The number of rotatable bonds is 3. The van der Waals surface area contributed by atoms with Gasteiger partial charge in [-0.1, -0.05) is 30.3 Å². The maximum atomic E-state index is 13.1. The summed E-state index contributed by atoms with van der Waals surface area (Å²) < 4.78 is 1.89. The van der Waals surface area contributed by atoms with Gasteiger partial charge in [0.25, 0.3) is 11.5 Å². The van der Waals surface area contributed by atoms with Crippen LogP contribution in [0.25, 0.3) is 11.1 Å². The van der Waals surface area contributed by atoms with Gasteiger partial charge < -0.3 is 14.6 Å². The normalized spacial score (nSPS) is 20.0. The van der Waals surface area contributed by atoms with Crippen LogP contribution in [0.1, 0.15) is 34.1 Å². The fourth-order valence-corrected chi connectivity index (χ4v) is 4.77. The summed E-state index contributed by atoms with van der Waals surface area (Å²) in [5.41, 5.74) is 4.01. The van der Waals surface area contributed by atoms with E-state index in [1.165, 1.54) is 0 Å². The molecule has 152 valence electrons. The van der Waals surface area contributed by atoms with E-state index in [1.807, 2.05) is 39.8 Å². The quantitative estimate of drug-likeness (QED) is 0.732. The Morgan fingerprint density at radius 3 is 2.67 bits per heavy atom. The molecule has 0 saturated carbocycles. The number of aromatic nitrogens is 2. The Hall–Kier alpha value is -3.25. The Bertz CT molecular complexity index is 1160. The van der Waals surface area contributed by atoms with Crippen molar-refractivity contribution in [3.63, 3.8) is 0 Å². The molecule has 2 aliphatic rings. The number of benzene rings is 1. The number of nitrogens with zero attached hydrogens (tertiary/aromatic N) is 3. The van der Waals surface area contributed by atoms with Crippen molar-refractivity contribution in [2.75, 3.05) is 13.1 Å². The van der Waals surface area contributed by atoms with Crippen LogP contribution in [0, 0.1) is 5.92 Å². The SMILES string of the molecule is O=C(c1cc(CO)ccn1)N1C[C@@H]2C[C@H](C1)c1cc(-c3ccccc3)cc(=O)n1C2. The Labute approximate surface area is 174 Å². The molecule has 30 heavy (non-hydrogen) atoms. The van der Waals surface area contributed by atoms with Crippen LogP contribution in [0.2, 0.25) is 0 Å². The second-order valence-electron chi connectivity index (χ2n) is 8.20. The maximum Gasteiger partial charge on any atom is 0.272 e. The summed E-state index contributed by atoms with van der Waals surface area (Å²) in [4.78, 5) is 32.0. The molecule has 2 aliphatic heterocycles. The lowest BCUT2D eigenvalue weighted by molar-refractivity contribution is 0.0588. The van der Waals surface area contributed by atoms with E-state index in [9.17, 15) is 14.7 Å². The predicted molar refractivity (Wildman–Crippen MR) is 113 cm³/mol. The third kappa shape index (κ3) is 3.33. The molecule has 5 rings (SSSR count). The van der Waals surface area contributed by atoms with Gasteiger partial charge in [0, 0.05) is 43.5 Å². The van der Waals surface area contributed by atoms with Gasteiger partial charge in [-0.05, 0) is 47.2 Å². The zero-order valence-electron chi connectivity index (χ0n) is 16.6. The molecule has 3 aromatic rings. The summed E-state index contributed by atoms with van der Waals surface area (Å²) in [7, 11) is 0. The second kappa shape index (κ2) is 7.54. The van der Waals surface area contributed by atoms with Gasteiger partial charge in [0.2, 0.25) is 0 Å². The minimum atomic E-state index is -0.118. The van der Waals surface area contributed by atoms with Crippen molar-refractivity contribution in [1.29, 1.82) is 0 Å². The molecule has 1 amide bonds. The Balaban J connectivity index is 1.47. The first-order valence-electron chi connectivity index (χ1n) is 10.3. The van der Waals surface area contributed by atoms with Crippen molar-refractivity contribution in [1.82, 2.24) is 14.5 Å². The Morgan fingerprint density at radius 1 is 1.03 bits per heavy atom. The Morgan fingerprint density at radius 2 is 1.87 bits per heavy atom. The fourth-order valence-electron chi connectivity index (χ4n) is 4.77. The van der Waals surface area contributed by atoms with Gasteiger partial charge in [0.1, 0.15) is 5.69 Å². The average Bonchev–Trinajstić information content (AvgIpc) is 2.79. The monoisotopic (exact) mass is 401 g/mol. The maximum absolute atomic E-state index is 13.1. The standard InChI is InChI=1S/C24H23N3O3/c28-15-16-6-7-25-21(9-16)24(30)26-12-17-8-20(14-26)22-10-19(11-23(29)27(22)13-17)18-4-2-1-3-5-18/h1-7,9-11,17,20,28H,8,12-15H2/t17-,20+/m0/s1. The molecule has 0 radical (unpaired) electrons. The molecule has 1 fully saturated rings. The molecule has 1 aromatic carbocycles. The molecule has 2 bridgehead atoms. The highest BCUT2D eigenvalue weighted by Crippen LogP contribution is 2.37. The van der Waals surface area contributed by atoms with Gasteiger partial charge in [0.05, 0.1) is 6.61 Å². The first kappa shape index (κ1) is 18.8. The molecule has 2 atom stereocenters. The molecule has 6 nitrogen and oxygen atoms in total. The third-order valence-electron chi connectivity index (χ3n) is 6.18. The lowest BCUT2D eigenvalue weighted by atomic mass is 9.82. The lowest BCUT2D eigenvalue weighted by Crippen LogP contribution is -2.49. The summed E-state index contributed by atoms with van der Waals surface area (Å²) >= 11 is 0. The number of hydrogen-bond acceptors (Lipinski definition) is 4. The van der Waals surface area contributed by atoms with E-state index in [1.54, 1.807) is 24.4 Å². The van der Waals surface area contributed by atoms with Crippen LogP contribution in [0.4, 0.5) is 0 Å². The molecule has 1 saturated heterocycles. The van der Waals surface area contributed by atoms with E-state index in [0.717, 1.165) is 23.2 Å². The zero-order chi connectivity index (χ0) is 20.7. The first-order valence-corrected chi connectivity index (χ1v) is 10.3. The first-order chi connectivity index (χ1) is 14.6. The fraction of sp³-hybridized carbons (Fsp3) is 0.292. The molecular formula is C24H23N3O3. The van der Waals surface area contributed by atoms with E-state index >= 15 is 0 Å². The van der Waals surface area contributed by atoms with Gasteiger partial charge >= 0.3 is 0 Å². The number of likely N-dealkylation sites (tertiary alicyclic amines) is 1. The van der Waals surface area contributed by atoms with Gasteiger partial charge in [-0.2, -0.15) is 0 Å². The van der Waals surface area contributed by atoms with Gasteiger partial charge in [-0.25, -0.2) is 0 Å². The molecule has 0 aliphatic carbocycles. The molecule has 0 unspecified atom stereocenters. The number of pyridine rings is 2. The van der Waals surface area contributed by atoms with Crippen molar-refractivity contribution in [2.24, 2.45) is 5.92 Å². The molecule has 4 heterocycles. The summed E-state index contributed by atoms with van der Waals surface area (Å²) in [5, 5.41) is 9.36. The summed E-state index contributed by atoms with van der Waals surface area (Å²) in [6.45, 7) is 1.70. The van der Waals surface area contributed by atoms with E-state index in [2.05, 4.69) is 11.1 Å². The van der Waals surface area contributed by atoms with Crippen LogP contribution < -0.4 is 5.56 Å². The van der Waals surface area contributed by atoms with Crippen molar-refractivity contribution in [3.8, 4) is 11.1 Å². The van der Waals surface area contributed by atoms with Crippen LogP contribution in [-0.2, 0) is 13.2 Å². The van der Waals surface area contributed by atoms with Crippen molar-refractivity contribution in [3.05, 3.63) is 88.1 Å². The van der Waals surface area contributed by atoms with Gasteiger partial charge in [-0.3, -0.25) is 14.6 Å². The molecular weight excluding hydrogens is 378 g/mol. The minimum absolute atomic E-state index is 0.0261. The highest BCUT2D eigenvalue weighted by Gasteiger charge is 2.37. The summed E-state index contributed by atoms with van der Waals surface area (Å²) in [6, 6.07) is 17.1. The van der Waals surface area contributed by atoms with Crippen LogP contribution in [0.15, 0.2) is 65.6 Å². The van der Waals surface area contributed by atoms with Crippen LogP contribution >= 0.6 is 0 Å². The van der Waals surface area contributed by atoms with E-state index in [-0.39, 0.29) is 29.9 Å². The zero-order valence-corrected chi connectivity index (χ0v) is 16.6. The number of carbonyl (C=O) groups excluding carboxylic acids is 1.